The highest BCUT2D eigenvalue weighted by atomic mass is 15.5. The van der Waals surface area contributed by atoms with Gasteiger partial charge in [0.25, 0.3) is 0 Å². The lowest BCUT2D eigenvalue weighted by molar-refractivity contribution is 0.283. The smallest absolute Gasteiger partial charge is 0.113 e. The van der Waals surface area contributed by atoms with E-state index in [1.165, 1.54) is 11.1 Å². The third-order valence-corrected chi connectivity index (χ3v) is 9.06. The Hall–Kier alpha value is -4.32. The monoisotopic (exact) mass is 626 g/mol. The van der Waals surface area contributed by atoms with Crippen molar-refractivity contribution in [3.8, 4) is 11.4 Å². The van der Waals surface area contributed by atoms with E-state index < -0.39 is 0 Å². The van der Waals surface area contributed by atoms with Crippen LogP contribution in [-0.2, 0) is 17.3 Å². The van der Waals surface area contributed by atoms with Gasteiger partial charge in [-0.1, -0.05) is 118 Å². The van der Waals surface area contributed by atoms with Gasteiger partial charge >= 0.3 is 0 Å². The molecule has 0 spiro atoms. The van der Waals surface area contributed by atoms with E-state index in [1.807, 2.05) is 58.1 Å². The van der Waals surface area contributed by atoms with Crippen LogP contribution in [0.25, 0.3) is 33.4 Å². The number of fused-ring (bicyclic) bond motifs is 2. The van der Waals surface area contributed by atoms with Crippen LogP contribution >= 0.6 is 0 Å². The minimum absolute atomic E-state index is 0.0252. The summed E-state index contributed by atoms with van der Waals surface area (Å²) in [4.78, 5) is 3.66. The molecule has 0 N–H and O–H groups in total. The Balaban J connectivity index is 1.50. The van der Waals surface area contributed by atoms with Crippen molar-refractivity contribution in [1.82, 2.24) is 30.0 Å². The van der Waals surface area contributed by atoms with Gasteiger partial charge in [0.15, 0.2) is 0 Å². The van der Waals surface area contributed by atoms with Gasteiger partial charge in [-0.25, -0.2) is 0 Å². The van der Waals surface area contributed by atoms with Crippen LogP contribution < -0.4 is 0 Å². The Bertz CT molecular complexity index is 1830. The highest BCUT2D eigenvalue weighted by molar-refractivity contribution is 5.74. The third-order valence-electron chi connectivity index (χ3n) is 9.06. The molecule has 0 fully saturated rings. The van der Waals surface area contributed by atoms with E-state index in [0.29, 0.717) is 6.42 Å². The van der Waals surface area contributed by atoms with Crippen molar-refractivity contribution in [3.05, 3.63) is 107 Å². The second-order valence-corrected chi connectivity index (χ2v) is 17.1. The largest absolute Gasteiger partial charge is 0.150 e. The van der Waals surface area contributed by atoms with Crippen LogP contribution in [0.15, 0.2) is 84.9 Å². The summed E-state index contributed by atoms with van der Waals surface area (Å²) >= 11 is 0. The Morgan fingerprint density at radius 1 is 0.447 bits per heavy atom. The van der Waals surface area contributed by atoms with Crippen LogP contribution in [0.1, 0.15) is 104 Å². The number of rotatable bonds is 8. The Morgan fingerprint density at radius 3 is 1.06 bits per heavy atom. The van der Waals surface area contributed by atoms with E-state index in [0.717, 1.165) is 57.4 Å². The fourth-order valence-electron chi connectivity index (χ4n) is 7.64. The molecule has 6 nitrogen and oxygen atoms in total. The lowest BCUT2D eigenvalue weighted by Crippen LogP contribution is -2.25. The summed E-state index contributed by atoms with van der Waals surface area (Å²) in [5.41, 5.74) is 10.8. The molecule has 244 valence electrons. The van der Waals surface area contributed by atoms with Gasteiger partial charge in [-0.2, -0.15) is 9.59 Å². The first kappa shape index (κ1) is 32.6. The second kappa shape index (κ2) is 11.7. The second-order valence-electron chi connectivity index (χ2n) is 17.1. The molecule has 0 saturated heterocycles. The third kappa shape index (κ3) is 7.17. The maximum absolute atomic E-state index is 4.95. The minimum Gasteiger partial charge on any atom is -0.150 e. The number of aromatic nitrogens is 6. The standard InChI is InChI=1S/C41H50N6/c1-38(2,3)26-40(7,8)30-21-19-28(36(24-30)46-42-32-15-11-12-16-33(32)43-46)23-29-20-22-31(41(9,10)27-39(4,5)6)25-37(29)47-44-34-17-13-14-18-35(34)45-47/h11-22,24-25H,23,26-27H2,1-10H3. The molecule has 0 radical (unpaired) electrons. The highest BCUT2D eigenvalue weighted by Crippen LogP contribution is 2.39. The van der Waals surface area contributed by atoms with Crippen LogP contribution in [0, 0.1) is 10.8 Å². The predicted octanol–water partition coefficient (Wildman–Crippen LogP) is 10.2. The number of nitrogens with zero attached hydrogens (tertiary/aromatic N) is 6. The maximum atomic E-state index is 4.95. The molecule has 0 aliphatic heterocycles. The first-order chi connectivity index (χ1) is 22.0. The fourth-order valence-corrected chi connectivity index (χ4v) is 7.64. The van der Waals surface area contributed by atoms with E-state index in [9.17, 15) is 0 Å². The van der Waals surface area contributed by atoms with Crippen LogP contribution in [0.2, 0.25) is 0 Å². The normalized spacial score (nSPS) is 13.1. The summed E-state index contributed by atoms with van der Waals surface area (Å²) in [6, 6.07) is 29.9. The molecule has 0 unspecified atom stereocenters. The zero-order valence-electron chi connectivity index (χ0n) is 29.9. The zero-order valence-corrected chi connectivity index (χ0v) is 29.9. The van der Waals surface area contributed by atoms with E-state index in [1.54, 1.807) is 0 Å². The van der Waals surface area contributed by atoms with E-state index >= 15 is 0 Å². The van der Waals surface area contributed by atoms with Gasteiger partial charge in [0.05, 0.1) is 11.4 Å². The average molecular weight is 627 g/mol. The van der Waals surface area contributed by atoms with Crippen molar-refractivity contribution in [3.63, 3.8) is 0 Å². The lowest BCUT2D eigenvalue weighted by Gasteiger charge is -2.33. The summed E-state index contributed by atoms with van der Waals surface area (Å²) in [7, 11) is 0. The van der Waals surface area contributed by atoms with Gasteiger partial charge < -0.3 is 0 Å². The lowest BCUT2D eigenvalue weighted by atomic mass is 9.72. The molecular weight excluding hydrogens is 576 g/mol. The first-order valence-corrected chi connectivity index (χ1v) is 16.9. The molecule has 0 saturated carbocycles. The minimum atomic E-state index is -0.0252. The van der Waals surface area contributed by atoms with Crippen molar-refractivity contribution in [2.24, 2.45) is 10.8 Å². The number of hydrogen-bond donors (Lipinski definition) is 0. The summed E-state index contributed by atoms with van der Waals surface area (Å²) < 4.78 is 0. The molecular formula is C41H50N6. The first-order valence-electron chi connectivity index (χ1n) is 16.9. The Labute approximate surface area is 280 Å². The van der Waals surface area contributed by atoms with E-state index in [2.05, 4.69) is 106 Å². The van der Waals surface area contributed by atoms with Gasteiger partial charge in [-0.05, 0) is 93.2 Å². The molecule has 0 bridgehead atoms. The van der Waals surface area contributed by atoms with Gasteiger partial charge in [0, 0.05) is 6.42 Å². The summed E-state index contributed by atoms with van der Waals surface area (Å²) in [5, 5.41) is 19.8. The van der Waals surface area contributed by atoms with Gasteiger partial charge in [0.2, 0.25) is 0 Å². The molecule has 0 atom stereocenters. The van der Waals surface area contributed by atoms with Crippen LogP contribution in [-0.4, -0.2) is 30.0 Å². The van der Waals surface area contributed by atoms with Crippen LogP contribution in [0.4, 0.5) is 0 Å². The van der Waals surface area contributed by atoms with Crippen molar-refractivity contribution in [1.29, 1.82) is 0 Å². The fraction of sp³-hybridized carbons (Fsp3) is 0.415. The van der Waals surface area contributed by atoms with E-state index in [-0.39, 0.29) is 21.7 Å². The molecule has 6 aromatic rings. The molecule has 6 rings (SSSR count). The summed E-state index contributed by atoms with van der Waals surface area (Å²) in [6.45, 7) is 23.2. The SMILES string of the molecule is CC(C)(C)CC(C)(C)c1ccc(Cc2ccc(C(C)(C)CC(C)(C)C)cc2-n2nc3ccccc3n2)c(-n2nc3ccccc3n2)c1. The zero-order chi connectivity index (χ0) is 33.8. The highest BCUT2D eigenvalue weighted by Gasteiger charge is 2.30. The number of hydrogen-bond acceptors (Lipinski definition) is 4. The van der Waals surface area contributed by atoms with Crippen molar-refractivity contribution >= 4 is 22.1 Å². The van der Waals surface area contributed by atoms with Crippen LogP contribution in [0.5, 0.6) is 0 Å². The van der Waals surface area contributed by atoms with Crippen molar-refractivity contribution in [2.75, 3.05) is 0 Å². The molecule has 0 amide bonds. The maximum Gasteiger partial charge on any atom is 0.113 e. The Morgan fingerprint density at radius 2 is 0.766 bits per heavy atom. The molecule has 2 heterocycles. The Kier molecular flexibility index (Phi) is 8.14. The summed E-state index contributed by atoms with van der Waals surface area (Å²) in [6.07, 6.45) is 2.80. The van der Waals surface area contributed by atoms with Gasteiger partial charge in [-0.15, -0.1) is 20.4 Å². The number of benzene rings is 4. The van der Waals surface area contributed by atoms with Crippen molar-refractivity contribution in [2.45, 2.75) is 99.3 Å². The molecule has 2 aromatic heterocycles. The van der Waals surface area contributed by atoms with Gasteiger partial charge in [0.1, 0.15) is 22.1 Å². The van der Waals surface area contributed by atoms with Crippen LogP contribution in [0.3, 0.4) is 0 Å². The molecule has 47 heavy (non-hydrogen) atoms. The molecule has 6 heteroatoms. The quantitative estimate of drug-likeness (QED) is 0.169. The average Bonchev–Trinajstić information content (AvgIpc) is 3.59. The predicted molar refractivity (Wildman–Crippen MR) is 195 cm³/mol. The van der Waals surface area contributed by atoms with Gasteiger partial charge in [-0.3, -0.25) is 0 Å². The molecule has 4 aromatic carbocycles. The topological polar surface area (TPSA) is 61.4 Å². The van der Waals surface area contributed by atoms with Crippen molar-refractivity contribution < 1.29 is 0 Å². The van der Waals surface area contributed by atoms with E-state index in [4.69, 9.17) is 20.4 Å². The molecule has 0 aliphatic rings. The molecule has 0 aliphatic carbocycles. The summed E-state index contributed by atoms with van der Waals surface area (Å²) in [5.74, 6) is 0.